The molecule has 5 heterocycles. The van der Waals surface area contributed by atoms with Crippen LogP contribution >= 0.6 is 0 Å². The molecule has 0 spiro atoms. The van der Waals surface area contributed by atoms with Crippen molar-refractivity contribution in [1.82, 2.24) is 19.7 Å². The van der Waals surface area contributed by atoms with Gasteiger partial charge in [-0.05, 0) is 43.2 Å². The van der Waals surface area contributed by atoms with Gasteiger partial charge in [-0.1, -0.05) is 31.7 Å². The van der Waals surface area contributed by atoms with Gasteiger partial charge in [0.2, 0.25) is 0 Å². The fraction of sp³-hybridized carbons (Fsp3) is 0.727. The maximum Gasteiger partial charge on any atom is 0.259 e. The van der Waals surface area contributed by atoms with E-state index in [9.17, 15) is 9.59 Å². The third kappa shape index (κ3) is 4.88. The SMILES string of the molecule is O=C1C(C(=O)N2CCOCC2)=CN2C3CC4CCCCC4CC3OC3C(N4CCN(c5ccccn5)CC4)C(F)CC1C32. The Labute approximate surface area is 253 Å². The molecular formula is C33H44FN5O4. The van der Waals surface area contributed by atoms with E-state index in [1.165, 1.54) is 25.7 Å². The number of anilines is 1. The number of carbonyl (C=O) groups excluding carboxylic acids is 2. The Balaban J connectivity index is 1.11. The Morgan fingerprint density at radius 3 is 2.44 bits per heavy atom. The summed E-state index contributed by atoms with van der Waals surface area (Å²) in [5.41, 5.74) is 0.239. The molecule has 1 amide bonds. The lowest BCUT2D eigenvalue weighted by molar-refractivity contribution is -0.221. The van der Waals surface area contributed by atoms with Gasteiger partial charge in [0.25, 0.3) is 5.91 Å². The third-order valence-electron chi connectivity index (χ3n) is 11.7. The van der Waals surface area contributed by atoms with Crippen molar-refractivity contribution in [3.63, 3.8) is 0 Å². The van der Waals surface area contributed by atoms with E-state index in [1.807, 2.05) is 30.6 Å². The number of Topliss-reactive ketones (excluding diaryl/α,β-unsaturated/α-hetero) is 1. The van der Waals surface area contributed by atoms with Crippen LogP contribution in [0.25, 0.3) is 0 Å². The maximum atomic E-state index is 16.5. The predicted octanol–water partition coefficient (Wildman–Crippen LogP) is 2.66. The van der Waals surface area contributed by atoms with Crippen LogP contribution in [0.3, 0.4) is 0 Å². The summed E-state index contributed by atoms with van der Waals surface area (Å²) >= 11 is 0. The molecule has 8 rings (SSSR count). The van der Waals surface area contributed by atoms with Crippen molar-refractivity contribution in [2.24, 2.45) is 17.8 Å². The smallest absolute Gasteiger partial charge is 0.259 e. The van der Waals surface area contributed by atoms with Crippen molar-refractivity contribution in [3.05, 3.63) is 36.2 Å². The van der Waals surface area contributed by atoms with Gasteiger partial charge in [-0.25, -0.2) is 9.37 Å². The van der Waals surface area contributed by atoms with Gasteiger partial charge in [0.1, 0.15) is 12.0 Å². The van der Waals surface area contributed by atoms with Crippen molar-refractivity contribution in [2.45, 2.75) is 81.5 Å². The lowest BCUT2D eigenvalue weighted by atomic mass is 9.64. The number of alkyl halides is 1. The van der Waals surface area contributed by atoms with Crippen LogP contribution in [0.5, 0.6) is 0 Å². The van der Waals surface area contributed by atoms with E-state index in [1.54, 1.807) is 4.90 Å². The summed E-state index contributed by atoms with van der Waals surface area (Å²) in [6, 6.07) is 5.44. The second-order valence-electron chi connectivity index (χ2n) is 13.8. The Morgan fingerprint density at radius 2 is 1.70 bits per heavy atom. The van der Waals surface area contributed by atoms with Gasteiger partial charge in [0, 0.05) is 57.6 Å². The van der Waals surface area contributed by atoms with E-state index in [2.05, 4.69) is 19.7 Å². The average molecular weight is 594 g/mol. The number of fused-ring (bicyclic) bond motifs is 3. The minimum Gasteiger partial charge on any atom is -0.378 e. The van der Waals surface area contributed by atoms with Crippen LogP contribution in [0.1, 0.15) is 44.9 Å². The van der Waals surface area contributed by atoms with E-state index in [0.717, 1.165) is 44.8 Å². The van der Waals surface area contributed by atoms with Crippen LogP contribution in [0, 0.1) is 17.8 Å². The number of nitrogens with zero attached hydrogens (tertiary/aromatic N) is 5. The lowest BCUT2D eigenvalue weighted by Gasteiger charge is -2.62. The summed E-state index contributed by atoms with van der Waals surface area (Å²) in [6.45, 7) is 4.93. The summed E-state index contributed by atoms with van der Waals surface area (Å²) in [5.74, 6) is 1.28. The standard InChI is InChI=1S/C33H44FN5O4/c34-25-19-23-29-32(30(25)37-11-9-36(10-12-37)28-7-3-4-8-35-28)43-27-18-22-6-2-1-5-21(22)17-26(27)39(29)20-24(31(23)40)33(41)38-13-15-42-16-14-38/h3-4,7-8,20-23,25-27,29-30,32H,1-2,5-6,9-19H2. The first-order valence-corrected chi connectivity index (χ1v) is 16.7. The van der Waals surface area contributed by atoms with E-state index in [0.29, 0.717) is 38.1 Å². The highest BCUT2D eigenvalue weighted by atomic mass is 19.1. The number of pyridine rings is 1. The number of ether oxygens (including phenoxy) is 2. The largest absolute Gasteiger partial charge is 0.378 e. The normalized spacial score (nSPS) is 39.8. The van der Waals surface area contributed by atoms with Crippen LogP contribution in [-0.4, -0.2) is 120 Å². The van der Waals surface area contributed by atoms with Gasteiger partial charge < -0.3 is 24.2 Å². The predicted molar refractivity (Wildman–Crippen MR) is 158 cm³/mol. The number of aromatic nitrogens is 1. The van der Waals surface area contributed by atoms with Crippen molar-refractivity contribution in [1.29, 1.82) is 0 Å². The van der Waals surface area contributed by atoms with Crippen LogP contribution in [0.15, 0.2) is 36.2 Å². The molecule has 3 saturated carbocycles. The monoisotopic (exact) mass is 593 g/mol. The molecule has 9 unspecified atom stereocenters. The van der Waals surface area contributed by atoms with E-state index >= 15 is 4.39 Å². The summed E-state index contributed by atoms with van der Waals surface area (Å²) in [6.07, 6.45) is 9.31. The summed E-state index contributed by atoms with van der Waals surface area (Å²) in [5, 5.41) is 0. The molecule has 0 N–H and O–H groups in total. The second kappa shape index (κ2) is 11.4. The highest BCUT2D eigenvalue weighted by Crippen LogP contribution is 2.51. The molecule has 43 heavy (non-hydrogen) atoms. The fourth-order valence-electron chi connectivity index (χ4n) is 9.58. The minimum absolute atomic E-state index is 0.00644. The first-order valence-electron chi connectivity index (χ1n) is 16.7. The number of hydrogen-bond acceptors (Lipinski definition) is 8. The zero-order valence-corrected chi connectivity index (χ0v) is 24.9. The number of hydrogen-bond donors (Lipinski definition) is 0. The van der Waals surface area contributed by atoms with Crippen LogP contribution in [-0.2, 0) is 19.1 Å². The van der Waals surface area contributed by atoms with E-state index in [4.69, 9.17) is 9.47 Å². The van der Waals surface area contributed by atoms with E-state index < -0.39 is 24.2 Å². The molecule has 3 aliphatic carbocycles. The number of morpholine rings is 2. The molecule has 4 aliphatic heterocycles. The third-order valence-corrected chi connectivity index (χ3v) is 11.7. The highest BCUT2D eigenvalue weighted by Gasteiger charge is 2.61. The second-order valence-corrected chi connectivity index (χ2v) is 13.8. The first kappa shape index (κ1) is 28.0. The molecule has 0 aromatic carbocycles. The molecule has 232 valence electrons. The van der Waals surface area contributed by atoms with E-state index in [-0.39, 0.29) is 41.9 Å². The summed E-state index contributed by atoms with van der Waals surface area (Å²) < 4.78 is 29.0. The molecule has 1 aromatic heterocycles. The molecule has 0 bridgehead atoms. The van der Waals surface area contributed by atoms with Gasteiger partial charge in [0.05, 0.1) is 49.1 Å². The van der Waals surface area contributed by atoms with Gasteiger partial charge in [-0.3, -0.25) is 14.5 Å². The number of amides is 1. The first-order chi connectivity index (χ1) is 21.1. The number of halogens is 1. The van der Waals surface area contributed by atoms with Gasteiger partial charge >= 0.3 is 0 Å². The number of rotatable bonds is 3. The Kier molecular flexibility index (Phi) is 7.42. The van der Waals surface area contributed by atoms with Crippen molar-refractivity contribution >= 4 is 17.5 Å². The average Bonchev–Trinajstić information content (AvgIpc) is 3.05. The van der Waals surface area contributed by atoms with Gasteiger partial charge in [-0.15, -0.1) is 0 Å². The van der Waals surface area contributed by atoms with Crippen molar-refractivity contribution in [3.8, 4) is 0 Å². The quantitative estimate of drug-likeness (QED) is 0.496. The minimum atomic E-state index is -1.20. The molecular weight excluding hydrogens is 549 g/mol. The van der Waals surface area contributed by atoms with Gasteiger partial charge in [-0.2, -0.15) is 0 Å². The Bertz CT molecular complexity index is 1230. The van der Waals surface area contributed by atoms with Crippen LogP contribution in [0.4, 0.5) is 10.2 Å². The maximum absolute atomic E-state index is 16.5. The fourth-order valence-corrected chi connectivity index (χ4v) is 9.58. The topological polar surface area (TPSA) is 78.5 Å². The molecule has 7 aliphatic rings. The highest BCUT2D eigenvalue weighted by molar-refractivity contribution is 6.20. The molecule has 0 radical (unpaired) electrons. The van der Waals surface area contributed by atoms with Crippen LogP contribution in [0.2, 0.25) is 0 Å². The Morgan fingerprint density at radius 1 is 0.930 bits per heavy atom. The number of ketones is 1. The lowest BCUT2D eigenvalue weighted by Crippen LogP contribution is -2.74. The van der Waals surface area contributed by atoms with Crippen LogP contribution < -0.4 is 4.90 Å². The molecule has 3 saturated heterocycles. The van der Waals surface area contributed by atoms with Gasteiger partial charge in [0.15, 0.2) is 5.78 Å². The molecule has 10 heteroatoms. The molecule has 9 atom stereocenters. The molecule has 1 aromatic rings. The number of piperazine rings is 1. The van der Waals surface area contributed by atoms with Crippen molar-refractivity contribution in [2.75, 3.05) is 57.4 Å². The summed E-state index contributed by atoms with van der Waals surface area (Å²) in [4.78, 5) is 41.0. The summed E-state index contributed by atoms with van der Waals surface area (Å²) in [7, 11) is 0. The number of carbonyl (C=O) groups is 2. The van der Waals surface area contributed by atoms with Crippen molar-refractivity contribution < 1.29 is 23.5 Å². The zero-order valence-electron chi connectivity index (χ0n) is 24.9. The molecule has 9 nitrogen and oxygen atoms in total. The zero-order chi connectivity index (χ0) is 29.1. The Hall–Kier alpha value is -2.56. The molecule has 6 fully saturated rings.